The van der Waals surface area contributed by atoms with E-state index in [4.69, 9.17) is 4.74 Å². The third-order valence-corrected chi connectivity index (χ3v) is 2.80. The van der Waals surface area contributed by atoms with E-state index in [1.54, 1.807) is 0 Å². The van der Waals surface area contributed by atoms with E-state index in [0.717, 1.165) is 16.5 Å². The molecule has 0 heterocycles. The topological polar surface area (TPSA) is 26.3 Å². The molecule has 0 saturated heterocycles. The minimum absolute atomic E-state index is 0.0662. The van der Waals surface area contributed by atoms with Crippen molar-refractivity contribution in [3.63, 3.8) is 0 Å². The SMILES string of the molecule is C=CC(=O)CCCOc1cccc2ccccc12. The van der Waals surface area contributed by atoms with Crippen LogP contribution in [0.25, 0.3) is 10.8 Å². The first-order valence-electron chi connectivity index (χ1n) is 6.07. The maximum atomic E-state index is 11.1. The summed E-state index contributed by atoms with van der Waals surface area (Å²) in [5.41, 5.74) is 0. The van der Waals surface area contributed by atoms with Crippen LogP contribution < -0.4 is 4.74 Å². The molecule has 0 fully saturated rings. The van der Waals surface area contributed by atoms with Crippen molar-refractivity contribution in [2.75, 3.05) is 6.61 Å². The molecular formula is C16H16O2. The predicted octanol–water partition coefficient (Wildman–Crippen LogP) is 3.75. The van der Waals surface area contributed by atoms with Crippen molar-refractivity contribution in [2.45, 2.75) is 12.8 Å². The van der Waals surface area contributed by atoms with Crippen LogP contribution in [0.5, 0.6) is 5.75 Å². The Hall–Kier alpha value is -2.09. The van der Waals surface area contributed by atoms with E-state index in [1.165, 1.54) is 6.08 Å². The fourth-order valence-corrected chi connectivity index (χ4v) is 1.85. The molecule has 2 heteroatoms. The van der Waals surface area contributed by atoms with Crippen LogP contribution in [0.4, 0.5) is 0 Å². The number of benzene rings is 2. The van der Waals surface area contributed by atoms with Crippen LogP contribution in [-0.4, -0.2) is 12.4 Å². The molecule has 0 aliphatic rings. The number of carbonyl (C=O) groups is 1. The van der Waals surface area contributed by atoms with E-state index in [9.17, 15) is 4.79 Å². The first-order chi connectivity index (χ1) is 8.81. The van der Waals surface area contributed by atoms with Gasteiger partial charge in [-0.3, -0.25) is 4.79 Å². The van der Waals surface area contributed by atoms with Crippen molar-refractivity contribution >= 4 is 16.6 Å². The summed E-state index contributed by atoms with van der Waals surface area (Å²) in [6.45, 7) is 4.00. The van der Waals surface area contributed by atoms with Gasteiger partial charge in [0.15, 0.2) is 5.78 Å². The van der Waals surface area contributed by atoms with Gasteiger partial charge >= 0.3 is 0 Å². The average Bonchev–Trinajstić information content (AvgIpc) is 2.43. The Labute approximate surface area is 107 Å². The Kier molecular flexibility index (Phi) is 4.13. The van der Waals surface area contributed by atoms with Gasteiger partial charge in [-0.15, -0.1) is 0 Å². The maximum Gasteiger partial charge on any atom is 0.155 e. The van der Waals surface area contributed by atoms with E-state index < -0.39 is 0 Å². The second-order valence-corrected chi connectivity index (χ2v) is 4.10. The lowest BCUT2D eigenvalue weighted by molar-refractivity contribution is -0.114. The molecule has 0 amide bonds. The van der Waals surface area contributed by atoms with Crippen molar-refractivity contribution in [3.8, 4) is 5.75 Å². The summed E-state index contributed by atoms with van der Waals surface area (Å²) in [5, 5.41) is 2.27. The van der Waals surface area contributed by atoms with Crippen LogP contribution in [0.1, 0.15) is 12.8 Å². The number of hydrogen-bond donors (Lipinski definition) is 0. The highest BCUT2D eigenvalue weighted by atomic mass is 16.5. The second-order valence-electron chi connectivity index (χ2n) is 4.10. The second kappa shape index (κ2) is 6.01. The monoisotopic (exact) mass is 240 g/mol. The third-order valence-electron chi connectivity index (χ3n) is 2.80. The van der Waals surface area contributed by atoms with E-state index in [0.29, 0.717) is 19.4 Å². The van der Waals surface area contributed by atoms with Crippen LogP contribution in [0, 0.1) is 0 Å². The lowest BCUT2D eigenvalue weighted by Crippen LogP contribution is -2.01. The van der Waals surface area contributed by atoms with Gasteiger partial charge in [0.25, 0.3) is 0 Å². The number of rotatable bonds is 6. The summed E-state index contributed by atoms with van der Waals surface area (Å²) in [6.07, 6.45) is 2.57. The first-order valence-corrected chi connectivity index (χ1v) is 6.07. The Morgan fingerprint density at radius 1 is 1.17 bits per heavy atom. The van der Waals surface area contributed by atoms with Crippen LogP contribution in [0.2, 0.25) is 0 Å². The Balaban J connectivity index is 1.99. The zero-order valence-corrected chi connectivity index (χ0v) is 10.3. The van der Waals surface area contributed by atoms with E-state index in [1.807, 2.05) is 30.3 Å². The van der Waals surface area contributed by atoms with Gasteiger partial charge < -0.3 is 4.74 Å². The molecule has 0 atom stereocenters. The minimum atomic E-state index is 0.0662. The number of carbonyl (C=O) groups excluding carboxylic acids is 1. The Bertz CT molecular complexity index is 553. The number of allylic oxidation sites excluding steroid dienone is 1. The molecule has 2 aromatic rings. The molecule has 2 nitrogen and oxygen atoms in total. The molecule has 18 heavy (non-hydrogen) atoms. The normalized spacial score (nSPS) is 10.2. The average molecular weight is 240 g/mol. The molecule has 92 valence electrons. The van der Waals surface area contributed by atoms with Crippen LogP contribution in [0.3, 0.4) is 0 Å². The largest absolute Gasteiger partial charge is 0.493 e. The molecule has 0 spiro atoms. The zero-order valence-electron chi connectivity index (χ0n) is 10.3. The molecule has 0 bridgehead atoms. The summed E-state index contributed by atoms with van der Waals surface area (Å²) in [5.74, 6) is 0.940. The molecular weight excluding hydrogens is 224 g/mol. The van der Waals surface area contributed by atoms with Gasteiger partial charge in [-0.05, 0) is 23.9 Å². The Morgan fingerprint density at radius 2 is 1.94 bits per heavy atom. The first kappa shape index (κ1) is 12.4. The summed E-state index contributed by atoms with van der Waals surface area (Å²) >= 11 is 0. The van der Waals surface area contributed by atoms with Gasteiger partial charge in [0.1, 0.15) is 5.75 Å². The van der Waals surface area contributed by atoms with Crippen molar-refractivity contribution in [3.05, 3.63) is 55.1 Å². The quantitative estimate of drug-likeness (QED) is 0.567. The number of hydrogen-bond acceptors (Lipinski definition) is 2. The smallest absolute Gasteiger partial charge is 0.155 e. The van der Waals surface area contributed by atoms with Crippen molar-refractivity contribution in [1.82, 2.24) is 0 Å². The molecule has 0 aliphatic carbocycles. The molecule has 0 N–H and O–H groups in total. The van der Waals surface area contributed by atoms with Crippen LogP contribution in [-0.2, 0) is 4.79 Å². The van der Waals surface area contributed by atoms with Crippen molar-refractivity contribution in [1.29, 1.82) is 0 Å². The fraction of sp³-hybridized carbons (Fsp3) is 0.188. The van der Waals surface area contributed by atoms with Gasteiger partial charge in [0.2, 0.25) is 0 Å². The highest BCUT2D eigenvalue weighted by Gasteiger charge is 2.01. The zero-order chi connectivity index (χ0) is 12.8. The van der Waals surface area contributed by atoms with Gasteiger partial charge in [0, 0.05) is 11.8 Å². The van der Waals surface area contributed by atoms with Crippen LogP contribution >= 0.6 is 0 Å². The number of ketones is 1. The van der Waals surface area contributed by atoms with Gasteiger partial charge in [-0.1, -0.05) is 43.0 Å². The molecule has 0 saturated carbocycles. The van der Waals surface area contributed by atoms with Gasteiger partial charge in [-0.25, -0.2) is 0 Å². The number of ether oxygens (including phenoxy) is 1. The highest BCUT2D eigenvalue weighted by molar-refractivity contribution is 5.89. The predicted molar refractivity (Wildman–Crippen MR) is 73.9 cm³/mol. The standard InChI is InChI=1S/C16H16O2/c1-2-14(17)9-6-12-18-16-11-5-8-13-7-3-4-10-15(13)16/h2-5,7-8,10-11H,1,6,9,12H2. The van der Waals surface area contributed by atoms with Gasteiger partial charge in [0.05, 0.1) is 6.61 Å². The summed E-state index contributed by atoms with van der Waals surface area (Å²) < 4.78 is 5.73. The van der Waals surface area contributed by atoms with Crippen molar-refractivity contribution in [2.24, 2.45) is 0 Å². The molecule has 0 aromatic heterocycles. The molecule has 0 aliphatic heterocycles. The fourth-order valence-electron chi connectivity index (χ4n) is 1.85. The lowest BCUT2D eigenvalue weighted by Gasteiger charge is -2.08. The highest BCUT2D eigenvalue weighted by Crippen LogP contribution is 2.25. The molecule has 0 unspecified atom stereocenters. The number of fused-ring (bicyclic) bond motifs is 1. The maximum absolute atomic E-state index is 11.1. The summed E-state index contributed by atoms with van der Waals surface area (Å²) in [4.78, 5) is 11.1. The van der Waals surface area contributed by atoms with E-state index in [2.05, 4.69) is 18.7 Å². The molecule has 2 aromatic carbocycles. The van der Waals surface area contributed by atoms with E-state index in [-0.39, 0.29) is 5.78 Å². The van der Waals surface area contributed by atoms with E-state index >= 15 is 0 Å². The van der Waals surface area contributed by atoms with Gasteiger partial charge in [-0.2, -0.15) is 0 Å². The Morgan fingerprint density at radius 3 is 2.78 bits per heavy atom. The van der Waals surface area contributed by atoms with Crippen molar-refractivity contribution < 1.29 is 9.53 Å². The molecule has 0 radical (unpaired) electrons. The minimum Gasteiger partial charge on any atom is -0.493 e. The molecule has 2 rings (SSSR count). The third kappa shape index (κ3) is 2.98. The summed E-state index contributed by atoms with van der Waals surface area (Å²) in [6, 6.07) is 14.1. The summed E-state index contributed by atoms with van der Waals surface area (Å²) in [7, 11) is 0. The lowest BCUT2D eigenvalue weighted by atomic mass is 10.1. The van der Waals surface area contributed by atoms with Crippen LogP contribution in [0.15, 0.2) is 55.1 Å².